The van der Waals surface area contributed by atoms with Crippen LogP contribution in [0.1, 0.15) is 16.7 Å². The molecular formula is C17H12N2O4. The molecule has 0 N–H and O–H groups in total. The van der Waals surface area contributed by atoms with Crippen LogP contribution in [0.4, 0.5) is 5.69 Å². The van der Waals surface area contributed by atoms with Crippen LogP contribution < -0.4 is 0 Å². The van der Waals surface area contributed by atoms with Gasteiger partial charge in [-0.05, 0) is 29.8 Å². The van der Waals surface area contributed by atoms with E-state index < -0.39 is 10.9 Å². The van der Waals surface area contributed by atoms with Crippen molar-refractivity contribution < 1.29 is 14.5 Å². The van der Waals surface area contributed by atoms with E-state index in [9.17, 15) is 14.9 Å². The molecule has 0 amide bonds. The lowest BCUT2D eigenvalue weighted by atomic mass is 10.1. The summed E-state index contributed by atoms with van der Waals surface area (Å²) in [6.45, 7) is 0.0613. The summed E-state index contributed by atoms with van der Waals surface area (Å²) in [5, 5.41) is 19.6. The molecule has 6 heteroatoms. The van der Waals surface area contributed by atoms with E-state index in [0.717, 1.165) is 11.6 Å². The molecule has 0 aliphatic rings. The van der Waals surface area contributed by atoms with Crippen LogP contribution in [-0.4, -0.2) is 10.9 Å². The Balaban J connectivity index is 1.97. The molecule has 0 unspecified atom stereocenters. The molecule has 0 atom stereocenters. The van der Waals surface area contributed by atoms with E-state index in [1.165, 1.54) is 12.1 Å². The summed E-state index contributed by atoms with van der Waals surface area (Å²) in [5.74, 6) is -0.604. The largest absolute Gasteiger partial charge is 0.458 e. The van der Waals surface area contributed by atoms with Crippen LogP contribution in [0.2, 0.25) is 0 Å². The Kier molecular flexibility index (Phi) is 5.21. The summed E-state index contributed by atoms with van der Waals surface area (Å²) < 4.78 is 5.05. The van der Waals surface area contributed by atoms with Crippen LogP contribution in [-0.2, 0) is 16.1 Å². The monoisotopic (exact) mass is 308 g/mol. The molecular weight excluding hydrogens is 296 g/mol. The van der Waals surface area contributed by atoms with Crippen LogP contribution in [0, 0.1) is 21.4 Å². The normalized spacial score (nSPS) is 10.2. The van der Waals surface area contributed by atoms with Crippen molar-refractivity contribution in [3.05, 3.63) is 81.4 Å². The van der Waals surface area contributed by atoms with Gasteiger partial charge in [0.2, 0.25) is 0 Å². The second-order valence-electron chi connectivity index (χ2n) is 4.57. The molecule has 2 rings (SSSR count). The molecule has 0 saturated carbocycles. The van der Waals surface area contributed by atoms with Crippen LogP contribution in [0.25, 0.3) is 6.08 Å². The van der Waals surface area contributed by atoms with Crippen LogP contribution in [0.15, 0.2) is 54.6 Å². The van der Waals surface area contributed by atoms with Gasteiger partial charge in [0.1, 0.15) is 6.61 Å². The van der Waals surface area contributed by atoms with Gasteiger partial charge in [-0.25, -0.2) is 4.79 Å². The first kappa shape index (κ1) is 15.9. The number of nitriles is 1. The molecule has 0 saturated heterocycles. The highest BCUT2D eigenvalue weighted by molar-refractivity contribution is 5.87. The van der Waals surface area contributed by atoms with E-state index >= 15 is 0 Å². The van der Waals surface area contributed by atoms with Gasteiger partial charge in [-0.2, -0.15) is 5.26 Å². The number of benzene rings is 2. The van der Waals surface area contributed by atoms with Crippen molar-refractivity contribution in [3.8, 4) is 6.07 Å². The number of nitro groups is 1. The molecule has 2 aromatic carbocycles. The highest BCUT2D eigenvalue weighted by Crippen LogP contribution is 2.19. The summed E-state index contributed by atoms with van der Waals surface area (Å²) in [7, 11) is 0. The van der Waals surface area contributed by atoms with Gasteiger partial charge in [0, 0.05) is 12.1 Å². The Morgan fingerprint density at radius 1 is 1.22 bits per heavy atom. The van der Waals surface area contributed by atoms with Gasteiger partial charge in [0.15, 0.2) is 0 Å². The minimum atomic E-state index is -0.604. The van der Waals surface area contributed by atoms with Gasteiger partial charge in [0.25, 0.3) is 5.69 Å². The molecule has 6 nitrogen and oxygen atoms in total. The minimum absolute atomic E-state index is 0.0613. The Morgan fingerprint density at radius 2 is 1.91 bits per heavy atom. The average Bonchev–Trinajstić information content (AvgIpc) is 2.58. The van der Waals surface area contributed by atoms with Crippen molar-refractivity contribution in [3.63, 3.8) is 0 Å². The fourth-order valence-electron chi connectivity index (χ4n) is 1.83. The van der Waals surface area contributed by atoms with Crippen LogP contribution in [0.3, 0.4) is 0 Å². The lowest BCUT2D eigenvalue weighted by molar-refractivity contribution is -0.385. The molecule has 0 aliphatic heterocycles. The summed E-state index contributed by atoms with van der Waals surface area (Å²) in [5.41, 5.74) is 1.52. The Bertz CT molecular complexity index is 789. The summed E-state index contributed by atoms with van der Waals surface area (Å²) in [4.78, 5) is 22.0. The van der Waals surface area contributed by atoms with Gasteiger partial charge in [-0.15, -0.1) is 0 Å². The number of ether oxygens (including phenoxy) is 1. The Morgan fingerprint density at radius 3 is 2.57 bits per heavy atom. The van der Waals surface area contributed by atoms with E-state index in [-0.39, 0.29) is 12.3 Å². The van der Waals surface area contributed by atoms with Gasteiger partial charge >= 0.3 is 5.97 Å². The quantitative estimate of drug-likeness (QED) is 0.366. The van der Waals surface area contributed by atoms with Gasteiger partial charge < -0.3 is 4.74 Å². The van der Waals surface area contributed by atoms with Crippen LogP contribution >= 0.6 is 0 Å². The van der Waals surface area contributed by atoms with Gasteiger partial charge in [-0.1, -0.05) is 24.3 Å². The van der Waals surface area contributed by atoms with Crippen molar-refractivity contribution in [1.29, 1.82) is 5.26 Å². The van der Waals surface area contributed by atoms with Crippen molar-refractivity contribution >= 4 is 17.7 Å². The number of esters is 1. The molecule has 0 aromatic heterocycles. The number of hydrogen-bond donors (Lipinski definition) is 0. The van der Waals surface area contributed by atoms with Crippen molar-refractivity contribution in [1.82, 2.24) is 0 Å². The lowest BCUT2D eigenvalue weighted by Crippen LogP contribution is -2.01. The summed E-state index contributed by atoms with van der Waals surface area (Å²) >= 11 is 0. The Hall–Kier alpha value is -3.46. The maximum absolute atomic E-state index is 11.7. The zero-order chi connectivity index (χ0) is 16.7. The third-order valence-corrected chi connectivity index (χ3v) is 3.00. The fraction of sp³-hybridized carbons (Fsp3) is 0.0588. The number of hydrogen-bond acceptors (Lipinski definition) is 5. The first-order chi connectivity index (χ1) is 11.1. The van der Waals surface area contributed by atoms with Crippen LogP contribution in [0.5, 0.6) is 0 Å². The number of para-hydroxylation sites is 1. The minimum Gasteiger partial charge on any atom is -0.458 e. The van der Waals surface area contributed by atoms with Gasteiger partial charge in [-0.3, -0.25) is 10.1 Å². The zero-order valence-electron chi connectivity index (χ0n) is 12.0. The SMILES string of the molecule is N#Cc1ccc(COC(=O)C=Cc2ccccc2[N+](=O)[O-])cc1. The number of carbonyl (C=O) groups is 1. The number of nitro benzene ring substituents is 1. The molecule has 0 bridgehead atoms. The third-order valence-electron chi connectivity index (χ3n) is 3.00. The molecule has 23 heavy (non-hydrogen) atoms. The summed E-state index contributed by atoms with van der Waals surface area (Å²) in [6.07, 6.45) is 2.49. The Labute approximate surface area is 132 Å². The maximum atomic E-state index is 11.7. The lowest BCUT2D eigenvalue weighted by Gasteiger charge is -2.02. The fourth-order valence-corrected chi connectivity index (χ4v) is 1.83. The maximum Gasteiger partial charge on any atom is 0.331 e. The molecule has 0 fully saturated rings. The predicted molar refractivity (Wildman–Crippen MR) is 83.1 cm³/mol. The van der Waals surface area contributed by atoms with Crippen molar-refractivity contribution in [2.45, 2.75) is 6.61 Å². The second-order valence-corrected chi connectivity index (χ2v) is 4.57. The molecule has 114 valence electrons. The molecule has 0 radical (unpaired) electrons. The van der Waals surface area contributed by atoms with Crippen molar-refractivity contribution in [2.75, 3.05) is 0 Å². The highest BCUT2D eigenvalue weighted by Gasteiger charge is 2.09. The average molecular weight is 308 g/mol. The van der Waals surface area contributed by atoms with Gasteiger partial charge in [0.05, 0.1) is 22.1 Å². The molecule has 0 spiro atoms. The summed E-state index contributed by atoms with van der Waals surface area (Å²) in [6, 6.07) is 14.8. The highest BCUT2D eigenvalue weighted by atomic mass is 16.6. The molecule has 0 heterocycles. The number of carbonyl (C=O) groups excluding carboxylic acids is 1. The third kappa shape index (κ3) is 4.51. The van der Waals surface area contributed by atoms with E-state index in [4.69, 9.17) is 10.00 Å². The predicted octanol–water partition coefficient (Wildman–Crippen LogP) is 3.22. The number of rotatable bonds is 5. The molecule has 0 aliphatic carbocycles. The number of nitrogens with zero attached hydrogens (tertiary/aromatic N) is 2. The standard InChI is InChI=1S/C17H12N2O4/c18-11-13-5-7-14(8-6-13)12-23-17(20)10-9-15-3-1-2-4-16(15)19(21)22/h1-10H,12H2. The smallest absolute Gasteiger partial charge is 0.331 e. The second kappa shape index (κ2) is 7.52. The van der Waals surface area contributed by atoms with E-state index in [1.807, 2.05) is 6.07 Å². The molecule has 2 aromatic rings. The van der Waals surface area contributed by atoms with E-state index in [2.05, 4.69) is 0 Å². The van der Waals surface area contributed by atoms with E-state index in [0.29, 0.717) is 11.1 Å². The first-order valence-corrected chi connectivity index (χ1v) is 6.67. The topological polar surface area (TPSA) is 93.2 Å². The van der Waals surface area contributed by atoms with Crippen molar-refractivity contribution in [2.24, 2.45) is 0 Å². The van der Waals surface area contributed by atoms with E-state index in [1.54, 1.807) is 42.5 Å². The first-order valence-electron chi connectivity index (χ1n) is 6.67. The zero-order valence-corrected chi connectivity index (χ0v) is 12.0.